The van der Waals surface area contributed by atoms with Crippen molar-refractivity contribution in [2.75, 3.05) is 24.2 Å². The first-order valence-electron chi connectivity index (χ1n) is 5.25. The van der Waals surface area contributed by atoms with Gasteiger partial charge in [0, 0.05) is 25.5 Å². The number of pyridine rings is 1. The Bertz CT molecular complexity index is 286. The van der Waals surface area contributed by atoms with Crippen LogP contribution in [0.25, 0.3) is 0 Å². The number of rotatable bonds is 3. The van der Waals surface area contributed by atoms with Crippen molar-refractivity contribution in [2.45, 2.75) is 18.9 Å². The van der Waals surface area contributed by atoms with Gasteiger partial charge in [-0.05, 0) is 37.0 Å². The van der Waals surface area contributed by atoms with Crippen molar-refractivity contribution in [2.24, 2.45) is 0 Å². The molecule has 0 bridgehead atoms. The number of aromatic nitrogens is 1. The Kier molecular flexibility index (Phi) is 3.86. The quantitative estimate of drug-likeness (QED) is 0.736. The lowest BCUT2D eigenvalue weighted by Gasteiger charge is -2.31. The molecule has 0 spiro atoms. The zero-order valence-electron chi connectivity index (χ0n) is 8.93. The molecule has 0 radical (unpaired) electrons. The predicted molar refractivity (Wildman–Crippen MR) is 64.1 cm³/mol. The van der Waals surface area contributed by atoms with Crippen LogP contribution >= 0.6 is 12.0 Å². The lowest BCUT2D eigenvalue weighted by Crippen LogP contribution is -2.36. The van der Waals surface area contributed by atoms with Gasteiger partial charge in [0.15, 0.2) is 0 Å². The van der Waals surface area contributed by atoms with Gasteiger partial charge in [-0.3, -0.25) is 0 Å². The summed E-state index contributed by atoms with van der Waals surface area (Å²) in [5.41, 5.74) is 0. The van der Waals surface area contributed by atoms with Gasteiger partial charge in [0.2, 0.25) is 0 Å². The normalized spacial score (nSPS) is 18.1. The van der Waals surface area contributed by atoms with E-state index in [2.05, 4.69) is 16.0 Å². The number of hydrogen-bond donors (Lipinski definition) is 0. The standard InChI is InChI=1S/C11H16N2OS/c1-15-14-10-5-8-13(9-6-10)11-4-2-3-7-12-11/h2-4,7,10H,5-6,8-9H2,1H3. The van der Waals surface area contributed by atoms with E-state index < -0.39 is 0 Å². The van der Waals surface area contributed by atoms with Crippen LogP contribution in [0.15, 0.2) is 24.4 Å². The van der Waals surface area contributed by atoms with Gasteiger partial charge in [-0.15, -0.1) is 0 Å². The van der Waals surface area contributed by atoms with Gasteiger partial charge >= 0.3 is 0 Å². The van der Waals surface area contributed by atoms with Gasteiger partial charge in [0.25, 0.3) is 0 Å². The fraction of sp³-hybridized carbons (Fsp3) is 0.545. The van der Waals surface area contributed by atoms with E-state index in [1.807, 2.05) is 24.6 Å². The molecule has 1 aliphatic heterocycles. The van der Waals surface area contributed by atoms with Crippen molar-refractivity contribution < 1.29 is 4.18 Å². The molecule has 1 aromatic rings. The van der Waals surface area contributed by atoms with E-state index in [0.717, 1.165) is 31.7 Å². The van der Waals surface area contributed by atoms with E-state index in [1.165, 1.54) is 12.0 Å². The first-order valence-corrected chi connectivity index (χ1v) is 6.40. The lowest BCUT2D eigenvalue weighted by molar-refractivity contribution is 0.205. The molecule has 0 aromatic carbocycles. The molecule has 0 N–H and O–H groups in total. The van der Waals surface area contributed by atoms with Crippen molar-refractivity contribution in [1.82, 2.24) is 4.98 Å². The molecule has 0 unspecified atom stereocenters. The molecule has 1 fully saturated rings. The average Bonchev–Trinajstić information content (AvgIpc) is 2.32. The maximum absolute atomic E-state index is 5.54. The number of nitrogens with zero attached hydrogens (tertiary/aromatic N) is 2. The number of piperidine rings is 1. The van der Waals surface area contributed by atoms with Crippen LogP contribution < -0.4 is 4.90 Å². The first kappa shape index (κ1) is 10.8. The molecule has 82 valence electrons. The molecule has 15 heavy (non-hydrogen) atoms. The summed E-state index contributed by atoms with van der Waals surface area (Å²) in [6.07, 6.45) is 6.43. The van der Waals surface area contributed by atoms with Crippen molar-refractivity contribution in [3.8, 4) is 0 Å². The van der Waals surface area contributed by atoms with E-state index in [0.29, 0.717) is 6.10 Å². The third kappa shape index (κ3) is 2.86. The van der Waals surface area contributed by atoms with E-state index in [-0.39, 0.29) is 0 Å². The average molecular weight is 224 g/mol. The maximum Gasteiger partial charge on any atom is 0.128 e. The van der Waals surface area contributed by atoms with Crippen molar-refractivity contribution >= 4 is 17.9 Å². The SMILES string of the molecule is CSOC1CCN(c2ccccn2)CC1. The van der Waals surface area contributed by atoms with Crippen LogP contribution in [0.5, 0.6) is 0 Å². The molecule has 3 nitrogen and oxygen atoms in total. The predicted octanol–water partition coefficient (Wildman–Crippen LogP) is 2.35. The molecule has 1 aromatic heterocycles. The Morgan fingerprint density at radius 3 is 2.80 bits per heavy atom. The molecule has 1 saturated heterocycles. The van der Waals surface area contributed by atoms with Crippen LogP contribution in [-0.4, -0.2) is 30.4 Å². The Morgan fingerprint density at radius 1 is 1.40 bits per heavy atom. The largest absolute Gasteiger partial charge is 0.356 e. The van der Waals surface area contributed by atoms with Crippen LogP contribution in [0.2, 0.25) is 0 Å². The number of anilines is 1. The third-order valence-corrected chi connectivity index (χ3v) is 3.11. The Morgan fingerprint density at radius 2 is 2.20 bits per heavy atom. The molecule has 2 heterocycles. The van der Waals surface area contributed by atoms with Crippen molar-refractivity contribution in [3.05, 3.63) is 24.4 Å². The van der Waals surface area contributed by atoms with Crippen LogP contribution in [0, 0.1) is 0 Å². The summed E-state index contributed by atoms with van der Waals surface area (Å²) in [4.78, 5) is 6.67. The summed E-state index contributed by atoms with van der Waals surface area (Å²) >= 11 is 1.47. The summed E-state index contributed by atoms with van der Waals surface area (Å²) < 4.78 is 5.54. The topological polar surface area (TPSA) is 25.4 Å². The summed E-state index contributed by atoms with van der Waals surface area (Å²) in [6, 6.07) is 6.05. The molecule has 4 heteroatoms. The zero-order valence-corrected chi connectivity index (χ0v) is 9.74. The summed E-state index contributed by atoms with van der Waals surface area (Å²) in [5.74, 6) is 1.08. The van der Waals surface area contributed by atoms with Gasteiger partial charge < -0.3 is 9.08 Å². The van der Waals surface area contributed by atoms with Gasteiger partial charge in [-0.1, -0.05) is 6.07 Å². The van der Waals surface area contributed by atoms with Gasteiger partial charge in [0.1, 0.15) is 5.82 Å². The highest BCUT2D eigenvalue weighted by atomic mass is 32.2. The highest BCUT2D eigenvalue weighted by Crippen LogP contribution is 2.21. The van der Waals surface area contributed by atoms with Crippen LogP contribution in [0.4, 0.5) is 5.82 Å². The smallest absolute Gasteiger partial charge is 0.128 e. The second-order valence-corrected chi connectivity index (χ2v) is 4.16. The summed E-state index contributed by atoms with van der Waals surface area (Å²) in [5, 5.41) is 0. The number of hydrogen-bond acceptors (Lipinski definition) is 4. The minimum atomic E-state index is 0.417. The molecule has 0 aliphatic carbocycles. The minimum Gasteiger partial charge on any atom is -0.356 e. The molecular formula is C11H16N2OS. The molecule has 0 atom stereocenters. The monoisotopic (exact) mass is 224 g/mol. The first-order chi connectivity index (χ1) is 7.40. The second-order valence-electron chi connectivity index (χ2n) is 3.64. The van der Waals surface area contributed by atoms with E-state index in [9.17, 15) is 0 Å². The van der Waals surface area contributed by atoms with Crippen LogP contribution in [-0.2, 0) is 4.18 Å². The fourth-order valence-corrected chi connectivity index (χ4v) is 2.32. The Labute approximate surface area is 95.0 Å². The van der Waals surface area contributed by atoms with E-state index >= 15 is 0 Å². The van der Waals surface area contributed by atoms with E-state index in [1.54, 1.807) is 0 Å². The van der Waals surface area contributed by atoms with E-state index in [4.69, 9.17) is 4.18 Å². The maximum atomic E-state index is 5.54. The highest BCUT2D eigenvalue weighted by molar-refractivity contribution is 7.93. The highest BCUT2D eigenvalue weighted by Gasteiger charge is 2.20. The fourth-order valence-electron chi connectivity index (χ4n) is 1.86. The van der Waals surface area contributed by atoms with Crippen LogP contribution in [0.3, 0.4) is 0 Å². The molecular weight excluding hydrogens is 208 g/mol. The Hall–Kier alpha value is -0.740. The molecule has 0 amide bonds. The molecule has 0 saturated carbocycles. The van der Waals surface area contributed by atoms with Gasteiger partial charge in [0.05, 0.1) is 6.10 Å². The summed E-state index contributed by atoms with van der Waals surface area (Å²) in [6.45, 7) is 2.09. The zero-order chi connectivity index (χ0) is 10.5. The van der Waals surface area contributed by atoms with Crippen LogP contribution in [0.1, 0.15) is 12.8 Å². The third-order valence-electron chi connectivity index (χ3n) is 2.65. The molecule has 2 rings (SSSR count). The minimum absolute atomic E-state index is 0.417. The van der Waals surface area contributed by atoms with Crippen molar-refractivity contribution in [1.29, 1.82) is 0 Å². The van der Waals surface area contributed by atoms with Gasteiger partial charge in [-0.25, -0.2) is 4.98 Å². The lowest BCUT2D eigenvalue weighted by atomic mass is 10.1. The summed E-state index contributed by atoms with van der Waals surface area (Å²) in [7, 11) is 0. The van der Waals surface area contributed by atoms with Crippen molar-refractivity contribution in [3.63, 3.8) is 0 Å². The molecule has 1 aliphatic rings. The Balaban J connectivity index is 1.88. The van der Waals surface area contributed by atoms with Gasteiger partial charge in [-0.2, -0.15) is 0 Å². The second kappa shape index (κ2) is 5.37.